The molecule has 1 aromatic carbocycles. The Hall–Kier alpha value is -2.64. The third-order valence-corrected chi connectivity index (χ3v) is 4.53. The fourth-order valence-corrected chi connectivity index (χ4v) is 3.10. The predicted molar refractivity (Wildman–Crippen MR) is 101 cm³/mol. The van der Waals surface area contributed by atoms with Crippen molar-refractivity contribution >= 4 is 17.8 Å². The van der Waals surface area contributed by atoms with E-state index in [1.165, 1.54) is 25.3 Å². The van der Waals surface area contributed by atoms with E-state index in [1.54, 1.807) is 6.07 Å². The number of amides is 1. The molecule has 8 heteroatoms. The molecule has 1 aliphatic heterocycles. The maximum absolute atomic E-state index is 13.6. The normalized spacial score (nSPS) is 19.7. The highest BCUT2D eigenvalue weighted by molar-refractivity contribution is 5.94. The standard InChI is InChI=1S/C19H27FN4O3/c1-4-21-19(24-11-13(2)15(12-24)18(26)27-3)23-10-9-22-17(25)14-7-5-6-8-16(14)20/h5-8,13,15H,4,9-12H2,1-3H3,(H,21,23)(H,22,25). The van der Waals surface area contributed by atoms with E-state index >= 15 is 0 Å². The van der Waals surface area contributed by atoms with Crippen LogP contribution < -0.4 is 10.6 Å². The molecular weight excluding hydrogens is 351 g/mol. The minimum atomic E-state index is -0.549. The van der Waals surface area contributed by atoms with Crippen LogP contribution in [0, 0.1) is 17.7 Å². The predicted octanol–water partition coefficient (Wildman–Crippen LogP) is 1.26. The Morgan fingerprint density at radius 2 is 2.04 bits per heavy atom. The fourth-order valence-electron chi connectivity index (χ4n) is 3.10. The Balaban J connectivity index is 1.91. The quantitative estimate of drug-likeness (QED) is 0.337. The maximum atomic E-state index is 13.6. The highest BCUT2D eigenvalue weighted by Crippen LogP contribution is 2.24. The number of nitrogens with zero attached hydrogens (tertiary/aromatic N) is 2. The third-order valence-electron chi connectivity index (χ3n) is 4.53. The fraction of sp³-hybridized carbons (Fsp3) is 0.526. The van der Waals surface area contributed by atoms with Crippen LogP contribution in [0.2, 0.25) is 0 Å². The van der Waals surface area contributed by atoms with Gasteiger partial charge in [0, 0.05) is 26.2 Å². The molecule has 1 heterocycles. The molecule has 0 aromatic heterocycles. The van der Waals surface area contributed by atoms with Gasteiger partial charge in [0.05, 0.1) is 25.1 Å². The number of hydrogen-bond donors (Lipinski definition) is 2. The van der Waals surface area contributed by atoms with Gasteiger partial charge in [-0.05, 0) is 25.0 Å². The summed E-state index contributed by atoms with van der Waals surface area (Å²) < 4.78 is 18.5. The molecule has 27 heavy (non-hydrogen) atoms. The monoisotopic (exact) mass is 378 g/mol. The number of aliphatic imine (C=N–C) groups is 1. The van der Waals surface area contributed by atoms with Gasteiger partial charge in [-0.3, -0.25) is 14.6 Å². The molecule has 1 aromatic rings. The number of carbonyl (C=O) groups is 2. The van der Waals surface area contributed by atoms with Gasteiger partial charge in [0.15, 0.2) is 5.96 Å². The molecule has 0 saturated carbocycles. The first-order valence-electron chi connectivity index (χ1n) is 9.11. The Morgan fingerprint density at radius 3 is 2.70 bits per heavy atom. The summed E-state index contributed by atoms with van der Waals surface area (Å²) in [6.45, 7) is 6.54. The summed E-state index contributed by atoms with van der Waals surface area (Å²) in [5.74, 6) is -0.545. The Kier molecular flexibility index (Phi) is 7.57. The Morgan fingerprint density at radius 1 is 1.30 bits per heavy atom. The first kappa shape index (κ1) is 20.7. The third kappa shape index (κ3) is 5.42. The number of halogens is 1. The lowest BCUT2D eigenvalue weighted by Gasteiger charge is -2.21. The van der Waals surface area contributed by atoms with Crippen molar-refractivity contribution in [2.24, 2.45) is 16.8 Å². The number of esters is 1. The lowest BCUT2D eigenvalue weighted by Crippen LogP contribution is -2.41. The smallest absolute Gasteiger partial charge is 0.310 e. The van der Waals surface area contributed by atoms with Crippen LogP contribution in [0.25, 0.3) is 0 Å². The molecule has 0 spiro atoms. The molecule has 1 saturated heterocycles. The van der Waals surface area contributed by atoms with Gasteiger partial charge >= 0.3 is 5.97 Å². The lowest BCUT2D eigenvalue weighted by atomic mass is 9.99. The second-order valence-electron chi connectivity index (χ2n) is 6.48. The highest BCUT2D eigenvalue weighted by Gasteiger charge is 2.36. The summed E-state index contributed by atoms with van der Waals surface area (Å²) in [5, 5.41) is 5.87. The largest absolute Gasteiger partial charge is 0.469 e. The van der Waals surface area contributed by atoms with Crippen molar-refractivity contribution < 1.29 is 18.7 Å². The number of hydrogen-bond acceptors (Lipinski definition) is 4. The summed E-state index contributed by atoms with van der Waals surface area (Å²) in [6, 6.07) is 5.85. The number of ether oxygens (including phenoxy) is 1. The van der Waals surface area contributed by atoms with E-state index in [0.717, 1.165) is 0 Å². The van der Waals surface area contributed by atoms with Crippen LogP contribution in [0.3, 0.4) is 0 Å². The molecular formula is C19H27FN4O3. The molecule has 1 aliphatic rings. The van der Waals surface area contributed by atoms with Gasteiger partial charge in [-0.25, -0.2) is 4.39 Å². The van der Waals surface area contributed by atoms with Crippen molar-refractivity contribution in [3.63, 3.8) is 0 Å². The molecule has 1 amide bonds. The molecule has 2 N–H and O–H groups in total. The first-order valence-corrected chi connectivity index (χ1v) is 9.11. The average molecular weight is 378 g/mol. The van der Waals surface area contributed by atoms with Crippen molar-refractivity contribution in [2.45, 2.75) is 13.8 Å². The first-order chi connectivity index (χ1) is 13.0. The van der Waals surface area contributed by atoms with Gasteiger partial charge in [0.1, 0.15) is 5.82 Å². The van der Waals surface area contributed by atoms with E-state index in [4.69, 9.17) is 4.74 Å². The van der Waals surface area contributed by atoms with E-state index in [2.05, 4.69) is 15.6 Å². The zero-order valence-electron chi connectivity index (χ0n) is 16.0. The van der Waals surface area contributed by atoms with Crippen molar-refractivity contribution in [1.82, 2.24) is 15.5 Å². The molecule has 0 aliphatic carbocycles. The van der Waals surface area contributed by atoms with Crippen LogP contribution in [0.4, 0.5) is 4.39 Å². The topological polar surface area (TPSA) is 83.0 Å². The Labute approximate surface area is 159 Å². The lowest BCUT2D eigenvalue weighted by molar-refractivity contribution is -0.145. The van der Waals surface area contributed by atoms with E-state index in [1.807, 2.05) is 18.7 Å². The van der Waals surface area contributed by atoms with Gasteiger partial charge in [-0.15, -0.1) is 0 Å². The van der Waals surface area contributed by atoms with Gasteiger partial charge < -0.3 is 20.3 Å². The number of methoxy groups -OCH3 is 1. The summed E-state index contributed by atoms with van der Waals surface area (Å²) in [7, 11) is 1.40. The molecule has 2 rings (SSSR count). The summed E-state index contributed by atoms with van der Waals surface area (Å²) >= 11 is 0. The molecule has 0 radical (unpaired) electrons. The second kappa shape index (κ2) is 9.89. The zero-order valence-corrected chi connectivity index (χ0v) is 16.0. The number of rotatable bonds is 6. The number of guanidine groups is 1. The highest BCUT2D eigenvalue weighted by atomic mass is 19.1. The van der Waals surface area contributed by atoms with Crippen molar-refractivity contribution in [3.05, 3.63) is 35.6 Å². The van der Waals surface area contributed by atoms with Gasteiger partial charge in [-0.1, -0.05) is 19.1 Å². The zero-order chi connectivity index (χ0) is 19.8. The minimum absolute atomic E-state index is 0.0164. The summed E-state index contributed by atoms with van der Waals surface area (Å²) in [6.07, 6.45) is 0. The summed E-state index contributed by atoms with van der Waals surface area (Å²) in [4.78, 5) is 30.4. The van der Waals surface area contributed by atoms with Gasteiger partial charge in [0.25, 0.3) is 5.91 Å². The molecule has 148 valence electrons. The molecule has 2 unspecified atom stereocenters. The SMILES string of the molecule is CCNC(=NCCNC(=O)c1ccccc1F)N1CC(C)C(C(=O)OC)C1. The van der Waals surface area contributed by atoms with Crippen LogP contribution >= 0.6 is 0 Å². The van der Waals surface area contributed by atoms with Gasteiger partial charge in [0.2, 0.25) is 0 Å². The molecule has 1 fully saturated rings. The van der Waals surface area contributed by atoms with E-state index in [-0.39, 0.29) is 29.9 Å². The van der Waals surface area contributed by atoms with Crippen molar-refractivity contribution in [1.29, 1.82) is 0 Å². The van der Waals surface area contributed by atoms with Crippen LogP contribution in [-0.4, -0.2) is 62.6 Å². The van der Waals surface area contributed by atoms with Crippen molar-refractivity contribution in [2.75, 3.05) is 39.8 Å². The molecule has 7 nitrogen and oxygen atoms in total. The number of carbonyl (C=O) groups excluding carboxylic acids is 2. The molecule has 0 bridgehead atoms. The van der Waals surface area contributed by atoms with Crippen LogP contribution in [-0.2, 0) is 9.53 Å². The maximum Gasteiger partial charge on any atom is 0.310 e. The number of nitrogens with one attached hydrogen (secondary N) is 2. The van der Waals surface area contributed by atoms with E-state index in [9.17, 15) is 14.0 Å². The van der Waals surface area contributed by atoms with Gasteiger partial charge in [-0.2, -0.15) is 0 Å². The summed E-state index contributed by atoms with van der Waals surface area (Å²) in [5.41, 5.74) is 0.0164. The van der Waals surface area contributed by atoms with Crippen molar-refractivity contribution in [3.8, 4) is 0 Å². The van der Waals surface area contributed by atoms with Crippen LogP contribution in [0.5, 0.6) is 0 Å². The van der Waals surface area contributed by atoms with Crippen LogP contribution in [0.1, 0.15) is 24.2 Å². The van der Waals surface area contributed by atoms with Crippen LogP contribution in [0.15, 0.2) is 29.3 Å². The Bertz CT molecular complexity index is 695. The minimum Gasteiger partial charge on any atom is -0.469 e. The van der Waals surface area contributed by atoms with E-state index in [0.29, 0.717) is 32.1 Å². The number of likely N-dealkylation sites (tertiary alicyclic amines) is 1. The molecule has 2 atom stereocenters. The number of benzene rings is 1. The second-order valence-corrected chi connectivity index (χ2v) is 6.48. The average Bonchev–Trinajstić information content (AvgIpc) is 3.05. The van der Waals surface area contributed by atoms with E-state index < -0.39 is 11.7 Å².